The molecule has 0 amide bonds. The second-order valence-corrected chi connectivity index (χ2v) is 10.7. The summed E-state index contributed by atoms with van der Waals surface area (Å²) in [5.74, 6) is -3.33. The average Bonchev–Trinajstić information content (AvgIpc) is 3.10. The fourth-order valence-electron chi connectivity index (χ4n) is 6.14. The van der Waals surface area contributed by atoms with E-state index in [1.807, 2.05) is 0 Å². The van der Waals surface area contributed by atoms with Gasteiger partial charge in [-0.1, -0.05) is 6.08 Å². The molecule has 0 aromatic rings. The highest BCUT2D eigenvalue weighted by Crippen LogP contribution is 2.60. The van der Waals surface area contributed by atoms with Crippen molar-refractivity contribution in [3.8, 4) is 0 Å². The summed E-state index contributed by atoms with van der Waals surface area (Å²) in [6.45, 7) is 13.1. The fraction of sp³-hybridized carbons (Fsp3) is 0.720. The first kappa shape index (κ1) is 24.9. The molecular formula is C25H34O9. The van der Waals surface area contributed by atoms with Crippen LogP contribution in [0.15, 0.2) is 22.8 Å². The van der Waals surface area contributed by atoms with E-state index in [2.05, 4.69) is 0 Å². The van der Waals surface area contributed by atoms with E-state index in [4.69, 9.17) is 23.7 Å². The van der Waals surface area contributed by atoms with Crippen molar-refractivity contribution in [2.75, 3.05) is 0 Å². The van der Waals surface area contributed by atoms with Gasteiger partial charge in [0.15, 0.2) is 17.5 Å². The zero-order valence-corrected chi connectivity index (χ0v) is 21.0. The Morgan fingerprint density at radius 1 is 1.18 bits per heavy atom. The second-order valence-electron chi connectivity index (χ2n) is 10.7. The third-order valence-electron chi connectivity index (χ3n) is 7.90. The normalized spacial score (nSPS) is 43.0. The van der Waals surface area contributed by atoms with Gasteiger partial charge < -0.3 is 28.8 Å². The molecule has 4 rings (SSSR count). The molecule has 188 valence electrons. The maximum atomic E-state index is 13.1. The zero-order valence-electron chi connectivity index (χ0n) is 21.0. The SMILES string of the molecule is C/C=C(/C)C(=O)O[C@@H]1C[C@H]2C(=C1C)[C@@H]1OC(=O)[C@@]3(C)OC(C)(C)O[C@@H](C[C@]2(C)OC(C)=O)[C@@]13O. The van der Waals surface area contributed by atoms with Crippen LogP contribution in [0.2, 0.25) is 0 Å². The van der Waals surface area contributed by atoms with Crippen LogP contribution in [-0.4, -0.2) is 63.9 Å². The van der Waals surface area contributed by atoms with Crippen molar-refractivity contribution in [3.63, 3.8) is 0 Å². The molecule has 7 atom stereocenters. The van der Waals surface area contributed by atoms with Gasteiger partial charge in [-0.25, -0.2) is 9.59 Å². The van der Waals surface area contributed by atoms with Gasteiger partial charge in [0.05, 0.1) is 0 Å². The largest absolute Gasteiger partial charge is 0.459 e. The van der Waals surface area contributed by atoms with Crippen LogP contribution < -0.4 is 0 Å². The van der Waals surface area contributed by atoms with Gasteiger partial charge in [0.25, 0.3) is 0 Å². The fourth-order valence-corrected chi connectivity index (χ4v) is 6.14. The molecule has 1 N–H and O–H groups in total. The third kappa shape index (κ3) is 3.35. The molecule has 0 spiro atoms. The van der Waals surface area contributed by atoms with Gasteiger partial charge in [0.2, 0.25) is 5.60 Å². The summed E-state index contributed by atoms with van der Waals surface area (Å²) in [5.41, 5.74) is -3.02. The van der Waals surface area contributed by atoms with Crippen molar-refractivity contribution < 1.29 is 43.2 Å². The Hall–Kier alpha value is -2.23. The first-order chi connectivity index (χ1) is 15.6. The van der Waals surface area contributed by atoms with Gasteiger partial charge in [0, 0.05) is 24.8 Å². The van der Waals surface area contributed by atoms with Crippen molar-refractivity contribution >= 4 is 17.9 Å². The summed E-state index contributed by atoms with van der Waals surface area (Å²) in [4.78, 5) is 37.9. The lowest BCUT2D eigenvalue weighted by Gasteiger charge is -2.52. The minimum absolute atomic E-state index is 0.0919. The number of esters is 3. The standard InChI is InChI=1S/C25H34O9/c1-9-12(2)20(27)30-16-10-15-18(13(16)3)19-25(29)17(11-23(15,7)32-14(4)26)33-22(5,6)34-24(25,8)21(28)31-19/h9,15-17,19,29H,10-11H2,1-8H3/b12-9-/t15-,16+,17-,19-,23-,24+,25+/m0/s1. The van der Waals surface area contributed by atoms with Crippen LogP contribution in [0.3, 0.4) is 0 Å². The quantitative estimate of drug-likeness (QED) is 0.282. The van der Waals surface area contributed by atoms with E-state index < -0.39 is 64.7 Å². The lowest BCUT2D eigenvalue weighted by Crippen LogP contribution is -2.72. The van der Waals surface area contributed by atoms with Gasteiger partial charge in [0.1, 0.15) is 17.8 Å². The van der Waals surface area contributed by atoms with Crippen LogP contribution >= 0.6 is 0 Å². The predicted molar refractivity (Wildman–Crippen MR) is 118 cm³/mol. The Labute approximate surface area is 199 Å². The van der Waals surface area contributed by atoms with Crippen molar-refractivity contribution in [3.05, 3.63) is 22.8 Å². The van der Waals surface area contributed by atoms with Crippen LogP contribution in [0.1, 0.15) is 68.2 Å². The van der Waals surface area contributed by atoms with Crippen molar-refractivity contribution in [1.82, 2.24) is 0 Å². The highest BCUT2D eigenvalue weighted by Gasteiger charge is 2.78. The highest BCUT2D eigenvalue weighted by atomic mass is 16.8. The van der Waals surface area contributed by atoms with E-state index in [-0.39, 0.29) is 6.42 Å². The minimum atomic E-state index is -1.88. The molecule has 0 aromatic heterocycles. The van der Waals surface area contributed by atoms with Crippen molar-refractivity contribution in [1.29, 1.82) is 0 Å². The first-order valence-corrected chi connectivity index (χ1v) is 11.6. The molecule has 3 fully saturated rings. The number of aliphatic hydroxyl groups is 1. The Morgan fingerprint density at radius 3 is 2.41 bits per heavy atom. The van der Waals surface area contributed by atoms with Crippen molar-refractivity contribution in [2.24, 2.45) is 5.92 Å². The lowest BCUT2D eigenvalue weighted by molar-refractivity contribution is -0.381. The van der Waals surface area contributed by atoms with E-state index in [1.165, 1.54) is 13.8 Å². The number of rotatable bonds is 3. The van der Waals surface area contributed by atoms with Gasteiger partial charge in [-0.15, -0.1) is 0 Å². The summed E-state index contributed by atoms with van der Waals surface area (Å²) in [6.07, 6.45) is -0.610. The smallest absolute Gasteiger partial charge is 0.342 e. The zero-order chi connectivity index (χ0) is 25.4. The Balaban J connectivity index is 1.88. The van der Waals surface area contributed by atoms with E-state index >= 15 is 0 Å². The number of carbonyl (C=O) groups is 3. The van der Waals surface area contributed by atoms with E-state index in [1.54, 1.807) is 47.6 Å². The molecule has 9 heteroatoms. The molecule has 2 aliphatic carbocycles. The summed E-state index contributed by atoms with van der Waals surface area (Å²) < 4.78 is 29.6. The first-order valence-electron chi connectivity index (χ1n) is 11.6. The second kappa shape index (κ2) is 7.63. The predicted octanol–water partition coefficient (Wildman–Crippen LogP) is 2.49. The maximum Gasteiger partial charge on any atom is 0.342 e. The molecule has 1 saturated carbocycles. The lowest BCUT2D eigenvalue weighted by atomic mass is 9.74. The minimum Gasteiger partial charge on any atom is -0.459 e. The Bertz CT molecular complexity index is 1010. The van der Waals surface area contributed by atoms with Crippen LogP contribution in [0.5, 0.6) is 0 Å². The topological polar surface area (TPSA) is 118 Å². The van der Waals surface area contributed by atoms with Gasteiger partial charge in [-0.05, 0) is 66.0 Å². The average molecular weight is 479 g/mol. The van der Waals surface area contributed by atoms with Gasteiger partial charge in [-0.3, -0.25) is 4.79 Å². The Kier molecular flexibility index (Phi) is 5.59. The number of hydrogen-bond donors (Lipinski definition) is 1. The molecule has 34 heavy (non-hydrogen) atoms. The molecule has 4 aliphatic rings. The van der Waals surface area contributed by atoms with E-state index in [0.29, 0.717) is 23.1 Å². The summed E-state index contributed by atoms with van der Waals surface area (Å²) in [6, 6.07) is 0. The van der Waals surface area contributed by atoms with Crippen LogP contribution in [-0.2, 0) is 38.1 Å². The molecule has 2 heterocycles. The third-order valence-corrected chi connectivity index (χ3v) is 7.90. The molecule has 0 radical (unpaired) electrons. The number of allylic oxidation sites excluding steroid dienone is 1. The molecule has 9 nitrogen and oxygen atoms in total. The molecular weight excluding hydrogens is 444 g/mol. The number of carbonyl (C=O) groups excluding carboxylic acids is 3. The Morgan fingerprint density at radius 2 is 1.82 bits per heavy atom. The van der Waals surface area contributed by atoms with Crippen molar-refractivity contribution in [2.45, 2.75) is 109 Å². The van der Waals surface area contributed by atoms with Crippen LogP contribution in [0.4, 0.5) is 0 Å². The summed E-state index contributed by atoms with van der Waals surface area (Å²) in [5, 5.41) is 12.2. The highest BCUT2D eigenvalue weighted by molar-refractivity contribution is 5.88. The van der Waals surface area contributed by atoms with Gasteiger partial charge >= 0.3 is 17.9 Å². The molecule has 0 aromatic carbocycles. The summed E-state index contributed by atoms with van der Waals surface area (Å²) >= 11 is 0. The van der Waals surface area contributed by atoms with Gasteiger partial charge in [-0.2, -0.15) is 0 Å². The van der Waals surface area contributed by atoms with E-state index in [9.17, 15) is 19.5 Å². The molecule has 0 unspecified atom stereocenters. The number of ether oxygens (including phenoxy) is 5. The monoisotopic (exact) mass is 478 g/mol. The summed E-state index contributed by atoms with van der Waals surface area (Å²) in [7, 11) is 0. The molecule has 0 bridgehead atoms. The molecule has 2 saturated heterocycles. The number of fused-ring (bicyclic) bond motifs is 2. The maximum absolute atomic E-state index is 13.1. The van der Waals surface area contributed by atoms with Crippen LogP contribution in [0.25, 0.3) is 0 Å². The molecule has 2 aliphatic heterocycles. The van der Waals surface area contributed by atoms with Crippen LogP contribution in [0, 0.1) is 5.92 Å². The number of hydrogen-bond acceptors (Lipinski definition) is 9. The van der Waals surface area contributed by atoms with E-state index in [0.717, 1.165) is 0 Å².